The van der Waals surface area contributed by atoms with Crippen molar-refractivity contribution in [1.29, 1.82) is 0 Å². The van der Waals surface area contributed by atoms with E-state index in [1.165, 1.54) is 42.2 Å². The number of rotatable bonds is 4. The van der Waals surface area contributed by atoms with Gasteiger partial charge in [-0.25, -0.2) is 18.2 Å². The van der Waals surface area contributed by atoms with Gasteiger partial charge in [0.2, 0.25) is 0 Å². The summed E-state index contributed by atoms with van der Waals surface area (Å²) in [6.07, 6.45) is 2.57. The molecule has 20 heavy (non-hydrogen) atoms. The maximum atomic E-state index is 11.3. The molecule has 1 heterocycles. The van der Waals surface area contributed by atoms with Crippen LogP contribution in [0.5, 0.6) is 0 Å². The third-order valence-corrected chi connectivity index (χ3v) is 4.52. The SMILES string of the molecule is CS(=O)(=O)c1ccc(Sc2cc(C(=O)O)ccn2)cc1. The first-order valence-corrected chi connectivity index (χ1v) is 8.24. The zero-order valence-electron chi connectivity index (χ0n) is 10.5. The van der Waals surface area contributed by atoms with Gasteiger partial charge < -0.3 is 5.11 Å². The topological polar surface area (TPSA) is 84.3 Å². The minimum absolute atomic E-state index is 0.162. The van der Waals surface area contributed by atoms with Crippen molar-refractivity contribution in [2.45, 2.75) is 14.8 Å². The summed E-state index contributed by atoms with van der Waals surface area (Å²) in [7, 11) is -3.21. The van der Waals surface area contributed by atoms with Crippen LogP contribution in [0.3, 0.4) is 0 Å². The van der Waals surface area contributed by atoms with Crippen molar-refractivity contribution < 1.29 is 18.3 Å². The Morgan fingerprint density at radius 2 is 1.85 bits per heavy atom. The average Bonchev–Trinajstić information content (AvgIpc) is 2.38. The molecule has 104 valence electrons. The highest BCUT2D eigenvalue weighted by atomic mass is 32.2. The van der Waals surface area contributed by atoms with Crippen LogP contribution in [0.2, 0.25) is 0 Å². The van der Waals surface area contributed by atoms with Gasteiger partial charge in [-0.1, -0.05) is 11.8 Å². The first-order valence-electron chi connectivity index (χ1n) is 5.53. The molecule has 0 atom stereocenters. The lowest BCUT2D eigenvalue weighted by atomic mass is 10.3. The second kappa shape index (κ2) is 5.64. The second-order valence-electron chi connectivity index (χ2n) is 4.03. The van der Waals surface area contributed by atoms with Crippen LogP contribution >= 0.6 is 11.8 Å². The lowest BCUT2D eigenvalue weighted by Gasteiger charge is -2.03. The zero-order chi connectivity index (χ0) is 14.8. The van der Waals surface area contributed by atoms with Crippen molar-refractivity contribution in [2.24, 2.45) is 0 Å². The number of sulfone groups is 1. The first-order chi connectivity index (χ1) is 9.36. The average molecular weight is 309 g/mol. The minimum Gasteiger partial charge on any atom is -0.478 e. The largest absolute Gasteiger partial charge is 0.478 e. The summed E-state index contributed by atoms with van der Waals surface area (Å²) in [6.45, 7) is 0. The van der Waals surface area contributed by atoms with E-state index >= 15 is 0 Å². The Kier molecular flexibility index (Phi) is 4.10. The van der Waals surface area contributed by atoms with Crippen LogP contribution in [-0.4, -0.2) is 30.7 Å². The molecule has 0 unspecified atom stereocenters. The molecule has 0 aliphatic rings. The maximum Gasteiger partial charge on any atom is 0.335 e. The monoisotopic (exact) mass is 309 g/mol. The smallest absolute Gasteiger partial charge is 0.335 e. The Hall–Kier alpha value is -1.86. The molecule has 2 rings (SSSR count). The summed E-state index contributed by atoms with van der Waals surface area (Å²) in [4.78, 5) is 16.0. The van der Waals surface area contributed by atoms with Crippen molar-refractivity contribution in [3.63, 3.8) is 0 Å². The van der Waals surface area contributed by atoms with Gasteiger partial charge in [0.25, 0.3) is 0 Å². The van der Waals surface area contributed by atoms with E-state index in [9.17, 15) is 13.2 Å². The highest BCUT2D eigenvalue weighted by Crippen LogP contribution is 2.27. The van der Waals surface area contributed by atoms with E-state index in [2.05, 4.69) is 4.98 Å². The zero-order valence-corrected chi connectivity index (χ0v) is 12.1. The fourth-order valence-corrected chi connectivity index (χ4v) is 2.92. The Balaban J connectivity index is 2.22. The number of aromatic carboxylic acids is 1. The molecule has 0 saturated heterocycles. The van der Waals surface area contributed by atoms with E-state index in [1.54, 1.807) is 12.1 Å². The van der Waals surface area contributed by atoms with Gasteiger partial charge in [-0.3, -0.25) is 0 Å². The molecular formula is C13H11NO4S2. The highest BCUT2D eigenvalue weighted by molar-refractivity contribution is 7.99. The van der Waals surface area contributed by atoms with Crippen molar-refractivity contribution in [2.75, 3.05) is 6.26 Å². The summed E-state index contributed by atoms with van der Waals surface area (Å²) in [5, 5.41) is 9.44. The van der Waals surface area contributed by atoms with Gasteiger partial charge in [-0.2, -0.15) is 0 Å². The van der Waals surface area contributed by atoms with E-state index in [-0.39, 0.29) is 10.5 Å². The summed E-state index contributed by atoms with van der Waals surface area (Å²) in [5.41, 5.74) is 0.162. The summed E-state index contributed by atoms with van der Waals surface area (Å²) in [6, 6.07) is 9.24. The summed E-state index contributed by atoms with van der Waals surface area (Å²) in [5.74, 6) is -1.01. The maximum absolute atomic E-state index is 11.3. The number of carboxylic acids is 1. The van der Waals surface area contributed by atoms with Crippen LogP contribution in [0.15, 0.2) is 57.4 Å². The molecule has 1 aromatic heterocycles. The molecule has 0 aliphatic heterocycles. The molecule has 0 fully saturated rings. The third kappa shape index (κ3) is 3.58. The van der Waals surface area contributed by atoms with Gasteiger partial charge in [0.1, 0.15) is 5.03 Å². The number of benzene rings is 1. The fourth-order valence-electron chi connectivity index (χ4n) is 1.47. The summed E-state index contributed by atoms with van der Waals surface area (Å²) >= 11 is 1.27. The van der Waals surface area contributed by atoms with Crippen molar-refractivity contribution in [3.8, 4) is 0 Å². The molecule has 0 saturated carbocycles. The molecule has 0 aliphatic carbocycles. The fraction of sp³-hybridized carbons (Fsp3) is 0.0769. The normalized spacial score (nSPS) is 11.2. The van der Waals surface area contributed by atoms with Crippen molar-refractivity contribution in [3.05, 3.63) is 48.2 Å². The Labute approximate surface area is 120 Å². The lowest BCUT2D eigenvalue weighted by Crippen LogP contribution is -1.97. The van der Waals surface area contributed by atoms with Gasteiger partial charge >= 0.3 is 5.97 Å². The number of carbonyl (C=O) groups is 1. The standard InChI is InChI=1S/C13H11NO4S2/c1-20(17,18)11-4-2-10(3-5-11)19-12-8-9(13(15)16)6-7-14-12/h2-8H,1H3,(H,15,16). The predicted octanol–water partition coefficient (Wildman–Crippen LogP) is 2.33. The van der Waals surface area contributed by atoms with E-state index < -0.39 is 15.8 Å². The van der Waals surface area contributed by atoms with Crippen LogP contribution in [0.1, 0.15) is 10.4 Å². The Morgan fingerprint density at radius 1 is 1.20 bits per heavy atom. The number of pyridine rings is 1. The van der Waals surface area contributed by atoms with Crippen LogP contribution in [-0.2, 0) is 9.84 Å². The molecule has 5 nitrogen and oxygen atoms in total. The number of nitrogens with zero attached hydrogens (tertiary/aromatic N) is 1. The Morgan fingerprint density at radius 3 is 2.40 bits per heavy atom. The van der Waals surface area contributed by atoms with E-state index in [4.69, 9.17) is 5.11 Å². The van der Waals surface area contributed by atoms with Gasteiger partial charge in [0.05, 0.1) is 10.5 Å². The van der Waals surface area contributed by atoms with Crippen molar-refractivity contribution >= 4 is 27.6 Å². The van der Waals surface area contributed by atoms with Crippen LogP contribution in [0.4, 0.5) is 0 Å². The van der Waals surface area contributed by atoms with E-state index in [0.717, 1.165) is 11.2 Å². The molecule has 0 bridgehead atoms. The van der Waals surface area contributed by atoms with Gasteiger partial charge in [0.15, 0.2) is 9.84 Å². The second-order valence-corrected chi connectivity index (χ2v) is 7.14. The number of carboxylic acid groups (broad SMARTS) is 1. The molecule has 1 N–H and O–H groups in total. The quantitative estimate of drug-likeness (QED) is 0.933. The molecule has 0 spiro atoms. The minimum atomic E-state index is -3.21. The number of aromatic nitrogens is 1. The molecule has 0 amide bonds. The van der Waals surface area contributed by atoms with Gasteiger partial charge in [-0.15, -0.1) is 0 Å². The number of hydrogen-bond donors (Lipinski definition) is 1. The summed E-state index contributed by atoms with van der Waals surface area (Å²) < 4.78 is 22.7. The van der Waals surface area contributed by atoms with E-state index in [1.807, 2.05) is 0 Å². The van der Waals surface area contributed by atoms with Crippen LogP contribution < -0.4 is 0 Å². The Bertz CT molecular complexity index is 739. The highest BCUT2D eigenvalue weighted by Gasteiger charge is 2.08. The molecule has 2 aromatic rings. The third-order valence-electron chi connectivity index (χ3n) is 2.46. The molecule has 1 aromatic carbocycles. The van der Waals surface area contributed by atoms with Gasteiger partial charge in [-0.05, 0) is 36.4 Å². The van der Waals surface area contributed by atoms with Gasteiger partial charge in [0, 0.05) is 17.3 Å². The molecular weight excluding hydrogens is 298 g/mol. The predicted molar refractivity (Wildman–Crippen MR) is 74.9 cm³/mol. The van der Waals surface area contributed by atoms with Crippen LogP contribution in [0.25, 0.3) is 0 Å². The molecule has 7 heteroatoms. The van der Waals surface area contributed by atoms with Crippen LogP contribution in [0, 0.1) is 0 Å². The first kappa shape index (κ1) is 14.5. The van der Waals surface area contributed by atoms with E-state index in [0.29, 0.717) is 5.03 Å². The lowest BCUT2D eigenvalue weighted by molar-refractivity contribution is 0.0696. The number of hydrogen-bond acceptors (Lipinski definition) is 5. The van der Waals surface area contributed by atoms with Crippen molar-refractivity contribution in [1.82, 2.24) is 4.98 Å². The molecule has 0 radical (unpaired) electrons.